The number of ether oxygens (including phenoxy) is 3. The van der Waals surface area contributed by atoms with E-state index in [9.17, 15) is 4.79 Å². The molecule has 1 aliphatic heterocycles. The van der Waals surface area contributed by atoms with E-state index >= 15 is 0 Å². The van der Waals surface area contributed by atoms with Gasteiger partial charge >= 0.3 is 5.97 Å². The number of nitrogens with zero attached hydrogens (tertiary/aromatic N) is 3. The second-order valence-corrected chi connectivity index (χ2v) is 8.19. The second-order valence-electron chi connectivity index (χ2n) is 6.96. The van der Waals surface area contributed by atoms with E-state index in [-0.39, 0.29) is 18.7 Å². The minimum absolute atomic E-state index is 0.0106. The lowest BCUT2D eigenvalue weighted by Crippen LogP contribution is -2.29. The normalized spacial score (nSPS) is 15.6. The number of carbonyl (C=O) groups excluding carboxylic acids is 1. The summed E-state index contributed by atoms with van der Waals surface area (Å²) in [5.41, 5.74) is 2.00. The molecule has 0 saturated heterocycles. The van der Waals surface area contributed by atoms with Gasteiger partial charge in [0.1, 0.15) is 6.04 Å². The molecule has 1 atom stereocenters. The Balaban J connectivity index is 2.13. The van der Waals surface area contributed by atoms with Crippen LogP contribution in [0.3, 0.4) is 0 Å². The molecule has 0 fully saturated rings. The molecule has 2 aromatic rings. The molecule has 2 heterocycles. The maximum atomic E-state index is 12.9. The van der Waals surface area contributed by atoms with Crippen molar-refractivity contribution in [1.82, 2.24) is 14.8 Å². The predicted molar refractivity (Wildman–Crippen MR) is 116 cm³/mol. The molecule has 1 aromatic heterocycles. The molecule has 8 nitrogen and oxygen atoms in total. The van der Waals surface area contributed by atoms with E-state index in [4.69, 9.17) is 14.2 Å². The quantitative estimate of drug-likeness (QED) is 0.494. The molecule has 30 heavy (non-hydrogen) atoms. The molecule has 1 N–H and O–H groups in total. The summed E-state index contributed by atoms with van der Waals surface area (Å²) in [4.78, 5) is 17.4. The second kappa shape index (κ2) is 9.42. The number of carbonyl (C=O) groups is 1. The van der Waals surface area contributed by atoms with Gasteiger partial charge in [0.15, 0.2) is 11.5 Å². The number of aromatic nitrogens is 3. The van der Waals surface area contributed by atoms with E-state index < -0.39 is 6.04 Å². The van der Waals surface area contributed by atoms with Crippen molar-refractivity contribution < 1.29 is 19.0 Å². The molecule has 0 spiro atoms. The number of hydrogen-bond acceptors (Lipinski definition) is 8. The number of methoxy groups -OCH3 is 1. The highest BCUT2D eigenvalue weighted by Crippen LogP contribution is 2.40. The molecular weight excluding hydrogens is 404 g/mol. The Morgan fingerprint density at radius 2 is 2.07 bits per heavy atom. The molecule has 0 amide bonds. The molecule has 9 heteroatoms. The maximum Gasteiger partial charge on any atom is 0.338 e. The smallest absolute Gasteiger partial charge is 0.338 e. The zero-order valence-electron chi connectivity index (χ0n) is 18.2. The summed E-state index contributed by atoms with van der Waals surface area (Å²) in [6.45, 7) is 9.88. The monoisotopic (exact) mass is 432 g/mol. The first kappa shape index (κ1) is 22.0. The number of fused-ring (bicyclic) bond motifs is 1. The van der Waals surface area contributed by atoms with Gasteiger partial charge in [-0.2, -0.15) is 4.98 Å². The van der Waals surface area contributed by atoms with E-state index in [0.717, 1.165) is 11.3 Å². The number of rotatable bonds is 8. The number of hydrogen-bond donors (Lipinski definition) is 1. The van der Waals surface area contributed by atoms with Gasteiger partial charge in [-0.3, -0.25) is 0 Å². The molecule has 0 aliphatic carbocycles. The number of anilines is 1. The van der Waals surface area contributed by atoms with Crippen LogP contribution in [-0.2, 0) is 9.53 Å². The number of nitrogens with one attached hydrogen (secondary N) is 1. The van der Waals surface area contributed by atoms with Crippen LogP contribution >= 0.6 is 11.8 Å². The lowest BCUT2D eigenvalue weighted by Gasteiger charge is -2.28. The molecule has 3 rings (SSSR count). The summed E-state index contributed by atoms with van der Waals surface area (Å²) in [6, 6.07) is 5.15. The largest absolute Gasteiger partial charge is 0.493 e. The van der Waals surface area contributed by atoms with E-state index in [2.05, 4.69) is 15.4 Å². The summed E-state index contributed by atoms with van der Waals surface area (Å²) in [5, 5.41) is 8.48. The first-order chi connectivity index (χ1) is 14.4. The minimum Gasteiger partial charge on any atom is -0.493 e. The number of thioether (sulfide) groups is 1. The van der Waals surface area contributed by atoms with Crippen LogP contribution in [0.15, 0.2) is 34.6 Å². The fraction of sp³-hybridized carbons (Fsp3) is 0.476. The lowest BCUT2D eigenvalue weighted by molar-refractivity contribution is -0.139. The van der Waals surface area contributed by atoms with Crippen molar-refractivity contribution in [3.05, 3.63) is 35.0 Å². The van der Waals surface area contributed by atoms with Gasteiger partial charge in [0.25, 0.3) is 0 Å². The van der Waals surface area contributed by atoms with E-state index in [1.165, 1.54) is 0 Å². The van der Waals surface area contributed by atoms with Crippen LogP contribution in [0, 0.1) is 0 Å². The average Bonchev–Trinajstić information content (AvgIpc) is 3.09. The SMILES string of the molecule is CCOC(=O)C1=C(C)Nc2nc(SCC)nn2C1c1ccc(OC(C)C)c(OC)c1. The topological polar surface area (TPSA) is 87.5 Å². The van der Waals surface area contributed by atoms with Crippen molar-refractivity contribution in [1.29, 1.82) is 0 Å². The van der Waals surface area contributed by atoms with Crippen molar-refractivity contribution in [3.63, 3.8) is 0 Å². The van der Waals surface area contributed by atoms with Gasteiger partial charge in [0, 0.05) is 5.70 Å². The summed E-state index contributed by atoms with van der Waals surface area (Å²) in [6.07, 6.45) is 0.0106. The van der Waals surface area contributed by atoms with E-state index in [1.807, 2.05) is 45.9 Å². The fourth-order valence-electron chi connectivity index (χ4n) is 3.31. The van der Waals surface area contributed by atoms with Crippen LogP contribution in [0.5, 0.6) is 11.5 Å². The van der Waals surface area contributed by atoms with Crippen LogP contribution in [0.4, 0.5) is 5.95 Å². The van der Waals surface area contributed by atoms with Gasteiger partial charge < -0.3 is 19.5 Å². The zero-order valence-corrected chi connectivity index (χ0v) is 19.0. The highest BCUT2D eigenvalue weighted by atomic mass is 32.2. The summed E-state index contributed by atoms with van der Waals surface area (Å²) in [5.74, 6) is 2.28. The molecular formula is C21H28N4O4S. The molecule has 0 radical (unpaired) electrons. The van der Waals surface area contributed by atoms with Crippen molar-refractivity contribution in [2.75, 3.05) is 24.8 Å². The van der Waals surface area contributed by atoms with Crippen LogP contribution < -0.4 is 14.8 Å². The fourth-order valence-corrected chi connectivity index (χ4v) is 3.86. The lowest BCUT2D eigenvalue weighted by atomic mass is 9.95. The van der Waals surface area contributed by atoms with Crippen molar-refractivity contribution in [2.24, 2.45) is 0 Å². The third kappa shape index (κ3) is 4.40. The Morgan fingerprint density at radius 1 is 1.30 bits per heavy atom. The molecule has 1 unspecified atom stereocenters. The minimum atomic E-state index is -0.499. The highest BCUT2D eigenvalue weighted by molar-refractivity contribution is 7.99. The Hall–Kier alpha value is -2.68. The number of allylic oxidation sites excluding steroid dienone is 1. The van der Waals surface area contributed by atoms with Gasteiger partial charge in [-0.1, -0.05) is 24.8 Å². The van der Waals surface area contributed by atoms with Gasteiger partial charge in [0.05, 0.1) is 25.4 Å². The zero-order chi connectivity index (χ0) is 21.8. The van der Waals surface area contributed by atoms with E-state index in [1.54, 1.807) is 30.5 Å². The van der Waals surface area contributed by atoms with Gasteiger partial charge in [0.2, 0.25) is 11.1 Å². The van der Waals surface area contributed by atoms with Gasteiger partial charge in [-0.15, -0.1) is 5.10 Å². The summed E-state index contributed by atoms with van der Waals surface area (Å²) >= 11 is 1.54. The molecule has 0 bridgehead atoms. The maximum absolute atomic E-state index is 12.9. The predicted octanol–water partition coefficient (Wildman–Crippen LogP) is 4.04. The van der Waals surface area contributed by atoms with Crippen molar-refractivity contribution >= 4 is 23.7 Å². The molecule has 1 aliphatic rings. The van der Waals surface area contributed by atoms with E-state index in [0.29, 0.717) is 33.9 Å². The first-order valence-electron chi connectivity index (χ1n) is 9.98. The third-order valence-corrected chi connectivity index (χ3v) is 5.19. The average molecular weight is 433 g/mol. The van der Waals surface area contributed by atoms with Crippen molar-refractivity contribution in [3.8, 4) is 11.5 Å². The Labute approximate surface area is 181 Å². The van der Waals surface area contributed by atoms with Crippen LogP contribution in [0.2, 0.25) is 0 Å². The van der Waals surface area contributed by atoms with Crippen LogP contribution in [-0.4, -0.2) is 46.3 Å². The number of esters is 1. The molecule has 1 aromatic carbocycles. The summed E-state index contributed by atoms with van der Waals surface area (Å²) < 4.78 is 18.5. The van der Waals surface area contributed by atoms with Gasteiger partial charge in [-0.25, -0.2) is 9.48 Å². The Morgan fingerprint density at radius 3 is 2.70 bits per heavy atom. The van der Waals surface area contributed by atoms with Crippen molar-refractivity contribution in [2.45, 2.75) is 51.9 Å². The standard InChI is InChI=1S/C21H28N4O4S/c1-7-28-19(26)17-13(5)22-20-23-21(30-8-2)24-25(20)18(17)14-9-10-15(29-12(3)4)16(11-14)27-6/h9-12,18H,7-8H2,1-6H3,(H,22,23,24). The van der Waals surface area contributed by atoms with Crippen LogP contribution in [0.1, 0.15) is 46.2 Å². The Kier molecular flexibility index (Phi) is 6.91. The highest BCUT2D eigenvalue weighted by Gasteiger charge is 2.35. The third-order valence-electron chi connectivity index (χ3n) is 4.47. The van der Waals surface area contributed by atoms with Crippen LogP contribution in [0.25, 0.3) is 0 Å². The molecule has 162 valence electrons. The van der Waals surface area contributed by atoms with Gasteiger partial charge in [-0.05, 0) is 51.1 Å². The summed E-state index contributed by atoms with van der Waals surface area (Å²) in [7, 11) is 1.60. The molecule has 0 saturated carbocycles. The first-order valence-corrected chi connectivity index (χ1v) is 11.0. The number of benzene rings is 1. The Bertz CT molecular complexity index is 954.